The zero-order valence-electron chi connectivity index (χ0n) is 8.91. The van der Waals surface area contributed by atoms with Gasteiger partial charge in [-0.15, -0.1) is 0 Å². The molecule has 0 spiro atoms. The van der Waals surface area contributed by atoms with Gasteiger partial charge in [0, 0.05) is 11.6 Å². The maximum Gasteiger partial charge on any atom is 0.0704 e. The number of fused-ring (bicyclic) bond motifs is 1. The number of hydrogen-bond donors (Lipinski definition) is 0. The van der Waals surface area contributed by atoms with Crippen LogP contribution in [0.15, 0.2) is 30.5 Å². The number of benzene rings is 1. The highest BCUT2D eigenvalue weighted by atomic mass is 14.6. The summed E-state index contributed by atoms with van der Waals surface area (Å²) < 4.78 is 0. The van der Waals surface area contributed by atoms with Crippen molar-refractivity contribution in [3.05, 3.63) is 41.6 Å². The fraction of sp³-hybridized carbons (Fsp3) is 0.357. The zero-order chi connectivity index (χ0) is 10.1. The van der Waals surface area contributed by atoms with Crippen LogP contribution in [0.1, 0.15) is 38.3 Å². The van der Waals surface area contributed by atoms with E-state index in [1.165, 1.54) is 16.5 Å². The van der Waals surface area contributed by atoms with E-state index < -0.39 is 0 Å². The lowest BCUT2D eigenvalue weighted by molar-refractivity contribution is 0.868. The molecule has 1 aromatic heterocycles. The summed E-state index contributed by atoms with van der Waals surface area (Å²) in [4.78, 5) is 4.34. The van der Waals surface area contributed by atoms with Gasteiger partial charge < -0.3 is 0 Å². The van der Waals surface area contributed by atoms with E-state index in [1.807, 2.05) is 6.20 Å². The quantitative estimate of drug-likeness (QED) is 0.670. The van der Waals surface area contributed by atoms with Crippen molar-refractivity contribution in [2.45, 2.75) is 34.1 Å². The topological polar surface area (TPSA) is 12.9 Å². The molecule has 0 aliphatic carbocycles. The monoisotopic (exact) mass is 201 g/mol. The van der Waals surface area contributed by atoms with Crippen LogP contribution in [0.3, 0.4) is 0 Å². The molecule has 1 aromatic carbocycles. The van der Waals surface area contributed by atoms with Crippen molar-refractivity contribution in [1.82, 2.24) is 4.98 Å². The van der Waals surface area contributed by atoms with E-state index in [0.717, 1.165) is 5.52 Å². The standard InChI is InChI=1S/C13H15N.CH4/c1-9(2)11-4-5-13-12(8-11)10(3)6-7-14-13;/h4-9H,1-3H3;1H4. The smallest absolute Gasteiger partial charge is 0.0704 e. The largest absolute Gasteiger partial charge is 0.256 e. The Hall–Kier alpha value is -1.37. The van der Waals surface area contributed by atoms with E-state index in [4.69, 9.17) is 0 Å². The molecule has 0 fully saturated rings. The molecule has 15 heavy (non-hydrogen) atoms. The minimum absolute atomic E-state index is 0. The molecule has 0 amide bonds. The van der Waals surface area contributed by atoms with Crippen molar-refractivity contribution in [3.63, 3.8) is 0 Å². The lowest BCUT2D eigenvalue weighted by Crippen LogP contribution is -1.89. The average Bonchev–Trinajstić information content (AvgIpc) is 2.18. The van der Waals surface area contributed by atoms with Crippen LogP contribution in [0, 0.1) is 6.92 Å². The van der Waals surface area contributed by atoms with Crippen molar-refractivity contribution in [2.24, 2.45) is 0 Å². The normalized spacial score (nSPS) is 10.4. The van der Waals surface area contributed by atoms with E-state index in [1.54, 1.807) is 0 Å². The van der Waals surface area contributed by atoms with Crippen LogP contribution in [-0.2, 0) is 0 Å². The summed E-state index contributed by atoms with van der Waals surface area (Å²) in [5.41, 5.74) is 3.78. The number of aryl methyl sites for hydroxylation is 1. The highest BCUT2D eigenvalue weighted by molar-refractivity contribution is 5.82. The first-order chi connectivity index (χ1) is 6.68. The Bertz CT molecular complexity index is 458. The zero-order valence-corrected chi connectivity index (χ0v) is 8.91. The number of rotatable bonds is 1. The predicted octanol–water partition coefficient (Wildman–Crippen LogP) is 4.30. The number of pyridine rings is 1. The molecule has 1 heterocycles. The third-order valence-electron chi connectivity index (χ3n) is 2.65. The predicted molar refractivity (Wildman–Crippen MR) is 67.3 cm³/mol. The van der Waals surface area contributed by atoms with Crippen LogP contribution in [0.2, 0.25) is 0 Å². The van der Waals surface area contributed by atoms with E-state index in [0.29, 0.717) is 5.92 Å². The van der Waals surface area contributed by atoms with Gasteiger partial charge in [0.2, 0.25) is 0 Å². The van der Waals surface area contributed by atoms with Gasteiger partial charge >= 0.3 is 0 Å². The molecule has 1 nitrogen and oxygen atoms in total. The van der Waals surface area contributed by atoms with Crippen molar-refractivity contribution < 1.29 is 0 Å². The van der Waals surface area contributed by atoms with Crippen LogP contribution in [-0.4, -0.2) is 4.98 Å². The fourth-order valence-corrected chi connectivity index (χ4v) is 1.66. The van der Waals surface area contributed by atoms with Crippen molar-refractivity contribution in [1.29, 1.82) is 0 Å². The second-order valence-electron chi connectivity index (χ2n) is 4.06. The first-order valence-electron chi connectivity index (χ1n) is 5.04. The molecular formula is C14H19N. The minimum atomic E-state index is 0. The third kappa shape index (κ3) is 2.17. The van der Waals surface area contributed by atoms with Gasteiger partial charge in [0.05, 0.1) is 5.52 Å². The number of aromatic nitrogens is 1. The number of nitrogens with zero attached hydrogens (tertiary/aromatic N) is 1. The van der Waals surface area contributed by atoms with Gasteiger partial charge in [-0.05, 0) is 42.2 Å². The van der Waals surface area contributed by atoms with E-state index in [9.17, 15) is 0 Å². The summed E-state index contributed by atoms with van der Waals surface area (Å²) in [6, 6.07) is 8.59. The minimum Gasteiger partial charge on any atom is -0.256 e. The summed E-state index contributed by atoms with van der Waals surface area (Å²) in [5, 5.41) is 1.28. The van der Waals surface area contributed by atoms with Crippen LogP contribution >= 0.6 is 0 Å². The second-order valence-corrected chi connectivity index (χ2v) is 4.06. The molecule has 1 heteroatoms. The molecule has 0 unspecified atom stereocenters. The SMILES string of the molecule is C.Cc1ccnc2ccc(C(C)C)cc12. The van der Waals surface area contributed by atoms with Gasteiger partial charge in [-0.25, -0.2) is 0 Å². The van der Waals surface area contributed by atoms with Crippen molar-refractivity contribution in [3.8, 4) is 0 Å². The van der Waals surface area contributed by atoms with Gasteiger partial charge in [-0.2, -0.15) is 0 Å². The van der Waals surface area contributed by atoms with E-state index in [-0.39, 0.29) is 7.43 Å². The molecule has 0 saturated heterocycles. The first kappa shape index (κ1) is 11.7. The van der Waals surface area contributed by atoms with E-state index >= 15 is 0 Å². The van der Waals surface area contributed by atoms with Crippen LogP contribution in [0.4, 0.5) is 0 Å². The molecule has 0 N–H and O–H groups in total. The van der Waals surface area contributed by atoms with Gasteiger partial charge in [0.25, 0.3) is 0 Å². The Morgan fingerprint density at radius 3 is 2.53 bits per heavy atom. The van der Waals surface area contributed by atoms with Gasteiger partial charge in [0.1, 0.15) is 0 Å². The molecule has 80 valence electrons. The summed E-state index contributed by atoms with van der Waals surface area (Å²) in [6.07, 6.45) is 1.87. The number of hydrogen-bond acceptors (Lipinski definition) is 1. The highest BCUT2D eigenvalue weighted by Crippen LogP contribution is 2.22. The summed E-state index contributed by atoms with van der Waals surface area (Å²) >= 11 is 0. The summed E-state index contributed by atoms with van der Waals surface area (Å²) in [6.45, 7) is 6.56. The molecular weight excluding hydrogens is 182 g/mol. The summed E-state index contributed by atoms with van der Waals surface area (Å²) in [7, 11) is 0. The molecule has 0 saturated carbocycles. The Morgan fingerprint density at radius 2 is 1.87 bits per heavy atom. The molecule has 2 rings (SSSR count). The highest BCUT2D eigenvalue weighted by Gasteiger charge is 2.02. The van der Waals surface area contributed by atoms with Crippen molar-refractivity contribution >= 4 is 10.9 Å². The Labute approximate surface area is 92.2 Å². The van der Waals surface area contributed by atoms with Crippen LogP contribution < -0.4 is 0 Å². The third-order valence-corrected chi connectivity index (χ3v) is 2.65. The van der Waals surface area contributed by atoms with Gasteiger partial charge in [-0.3, -0.25) is 4.98 Å². The van der Waals surface area contributed by atoms with Crippen molar-refractivity contribution in [2.75, 3.05) is 0 Å². The second kappa shape index (κ2) is 4.43. The van der Waals surface area contributed by atoms with Crippen LogP contribution in [0.5, 0.6) is 0 Å². The lowest BCUT2D eigenvalue weighted by Gasteiger charge is -2.07. The molecule has 0 atom stereocenters. The lowest BCUT2D eigenvalue weighted by atomic mass is 9.99. The molecule has 0 aliphatic heterocycles. The molecule has 0 radical (unpaired) electrons. The first-order valence-corrected chi connectivity index (χ1v) is 5.04. The van der Waals surface area contributed by atoms with E-state index in [2.05, 4.69) is 50.0 Å². The molecule has 0 aliphatic rings. The Kier molecular flexibility index (Phi) is 3.46. The van der Waals surface area contributed by atoms with Gasteiger partial charge in [-0.1, -0.05) is 27.3 Å². The Morgan fingerprint density at radius 1 is 1.13 bits per heavy atom. The maximum absolute atomic E-state index is 4.34. The average molecular weight is 201 g/mol. The Balaban J connectivity index is 0.00000112. The molecule has 2 aromatic rings. The fourth-order valence-electron chi connectivity index (χ4n) is 1.66. The summed E-state index contributed by atoms with van der Waals surface area (Å²) in [5.74, 6) is 0.582. The van der Waals surface area contributed by atoms with Gasteiger partial charge in [0.15, 0.2) is 0 Å². The molecule has 0 bridgehead atoms. The van der Waals surface area contributed by atoms with Crippen LogP contribution in [0.25, 0.3) is 10.9 Å². The maximum atomic E-state index is 4.34.